The van der Waals surface area contributed by atoms with Crippen molar-refractivity contribution in [2.45, 2.75) is 23.7 Å². The summed E-state index contributed by atoms with van der Waals surface area (Å²) < 4.78 is 29.7. The van der Waals surface area contributed by atoms with Crippen LogP contribution in [0.1, 0.15) is 23.8 Å². The lowest BCUT2D eigenvalue weighted by atomic mass is 9.94. The molecule has 3 rings (SSSR count). The molecule has 6 nitrogen and oxygen atoms in total. The Kier molecular flexibility index (Phi) is 6.31. The summed E-state index contributed by atoms with van der Waals surface area (Å²) in [7, 11) is -3.56. The predicted octanol–water partition coefficient (Wildman–Crippen LogP) is 4.85. The highest BCUT2D eigenvalue weighted by Gasteiger charge is 2.26. The van der Waals surface area contributed by atoms with E-state index in [1.165, 1.54) is 18.3 Å². The van der Waals surface area contributed by atoms with Crippen LogP contribution in [0.25, 0.3) is 11.3 Å². The van der Waals surface area contributed by atoms with Crippen LogP contribution in [0.15, 0.2) is 58.0 Å². The van der Waals surface area contributed by atoms with E-state index in [9.17, 15) is 18.3 Å². The molecule has 0 saturated carbocycles. The van der Waals surface area contributed by atoms with Gasteiger partial charge >= 0.3 is 5.97 Å². The van der Waals surface area contributed by atoms with E-state index in [4.69, 9.17) is 27.6 Å². The van der Waals surface area contributed by atoms with Gasteiger partial charge in [-0.25, -0.2) is 13.4 Å². The predicted molar refractivity (Wildman–Crippen MR) is 110 cm³/mol. The van der Waals surface area contributed by atoms with E-state index < -0.39 is 21.7 Å². The summed E-state index contributed by atoms with van der Waals surface area (Å²) in [5.41, 5.74) is 0.939. The fraction of sp³-hybridized carbons (Fsp3) is 0.200. The zero-order valence-electron chi connectivity index (χ0n) is 15.3. The average Bonchev–Trinajstić information content (AvgIpc) is 3.12. The second kappa shape index (κ2) is 8.57. The molecule has 9 heteroatoms. The van der Waals surface area contributed by atoms with Crippen molar-refractivity contribution in [1.29, 1.82) is 0 Å². The third-order valence-corrected chi connectivity index (χ3v) is 6.31. The topological polar surface area (TPSA) is 97.5 Å². The first-order valence-electron chi connectivity index (χ1n) is 8.58. The summed E-state index contributed by atoms with van der Waals surface area (Å²) in [6.07, 6.45) is 2.93. The van der Waals surface area contributed by atoms with E-state index in [2.05, 4.69) is 4.98 Å². The van der Waals surface area contributed by atoms with E-state index >= 15 is 0 Å². The molecule has 0 amide bonds. The van der Waals surface area contributed by atoms with Gasteiger partial charge in [-0.05, 0) is 36.2 Å². The number of aromatic nitrogens is 1. The molecule has 0 radical (unpaired) electrons. The average molecular weight is 454 g/mol. The van der Waals surface area contributed by atoms with Crippen LogP contribution in [0.2, 0.25) is 10.0 Å². The summed E-state index contributed by atoms with van der Waals surface area (Å²) in [5, 5.41) is 10.5. The van der Waals surface area contributed by atoms with Crippen molar-refractivity contribution in [3.63, 3.8) is 0 Å². The van der Waals surface area contributed by atoms with Crippen molar-refractivity contribution < 1.29 is 22.7 Å². The maximum absolute atomic E-state index is 12.0. The normalized spacial score (nSPS) is 12.7. The molecular weight excluding hydrogens is 437 g/mol. The summed E-state index contributed by atoms with van der Waals surface area (Å²) in [6, 6.07) is 11.1. The minimum Gasteiger partial charge on any atom is -0.481 e. The Morgan fingerprint density at radius 2 is 1.90 bits per heavy atom. The molecular formula is C20H17Cl2NO5S. The van der Waals surface area contributed by atoms with Gasteiger partial charge in [0.2, 0.25) is 0 Å². The first-order chi connectivity index (χ1) is 13.7. The molecule has 152 valence electrons. The van der Waals surface area contributed by atoms with Crippen molar-refractivity contribution in [2.24, 2.45) is 0 Å². The second-order valence-electron chi connectivity index (χ2n) is 6.49. The molecule has 0 aliphatic rings. The minimum absolute atomic E-state index is 0.0105. The van der Waals surface area contributed by atoms with Gasteiger partial charge in [-0.1, -0.05) is 41.4 Å². The SMILES string of the molecule is CS(=O)(=O)c1ccccc1C(CCc1ncc(-c2ccc(Cl)c(Cl)c2)o1)C(=O)O. The molecule has 1 aromatic heterocycles. The number of sulfone groups is 1. The monoisotopic (exact) mass is 453 g/mol. The summed E-state index contributed by atoms with van der Waals surface area (Å²) in [6.45, 7) is 0. The Morgan fingerprint density at radius 3 is 2.55 bits per heavy atom. The lowest BCUT2D eigenvalue weighted by Gasteiger charge is -2.15. The molecule has 0 aliphatic heterocycles. The van der Waals surface area contributed by atoms with Crippen LogP contribution in [0.5, 0.6) is 0 Å². The molecule has 1 N–H and O–H groups in total. The largest absolute Gasteiger partial charge is 0.481 e. The van der Waals surface area contributed by atoms with Crippen molar-refractivity contribution in [2.75, 3.05) is 6.26 Å². The van der Waals surface area contributed by atoms with Gasteiger partial charge in [-0.2, -0.15) is 0 Å². The summed E-state index contributed by atoms with van der Waals surface area (Å²) in [4.78, 5) is 16.0. The summed E-state index contributed by atoms with van der Waals surface area (Å²) >= 11 is 11.9. The molecule has 0 spiro atoms. The number of aryl methyl sites for hydroxylation is 1. The van der Waals surface area contributed by atoms with Gasteiger partial charge in [0.05, 0.1) is 27.1 Å². The standard InChI is InChI=1S/C20H17Cl2NO5S/c1-29(26,27)18-5-3-2-4-13(18)14(20(24)25)7-9-19-23-11-17(28-19)12-6-8-15(21)16(22)10-12/h2-6,8,10-11,14H,7,9H2,1H3,(H,24,25). The highest BCUT2D eigenvalue weighted by Crippen LogP contribution is 2.31. The molecule has 0 saturated heterocycles. The van der Waals surface area contributed by atoms with Gasteiger partial charge in [0.15, 0.2) is 21.5 Å². The number of carboxylic acids is 1. The number of halogens is 2. The maximum Gasteiger partial charge on any atom is 0.311 e. The van der Waals surface area contributed by atoms with Gasteiger partial charge in [0.25, 0.3) is 0 Å². The van der Waals surface area contributed by atoms with Crippen LogP contribution < -0.4 is 0 Å². The van der Waals surface area contributed by atoms with Crippen LogP contribution in [0.4, 0.5) is 0 Å². The van der Waals surface area contributed by atoms with Crippen molar-refractivity contribution in [3.8, 4) is 11.3 Å². The number of hydrogen-bond acceptors (Lipinski definition) is 5. The van der Waals surface area contributed by atoms with Gasteiger partial charge in [0.1, 0.15) is 0 Å². The number of oxazole rings is 1. The van der Waals surface area contributed by atoms with Crippen LogP contribution in [-0.2, 0) is 21.1 Å². The molecule has 1 unspecified atom stereocenters. The Morgan fingerprint density at radius 1 is 1.17 bits per heavy atom. The molecule has 0 aliphatic carbocycles. The van der Waals surface area contributed by atoms with Crippen molar-refractivity contribution in [3.05, 3.63) is 70.2 Å². The van der Waals surface area contributed by atoms with Gasteiger partial charge in [0, 0.05) is 18.2 Å². The lowest BCUT2D eigenvalue weighted by molar-refractivity contribution is -0.139. The van der Waals surface area contributed by atoms with Crippen molar-refractivity contribution >= 4 is 39.0 Å². The zero-order valence-corrected chi connectivity index (χ0v) is 17.6. The number of nitrogens with zero attached hydrogens (tertiary/aromatic N) is 1. The number of benzene rings is 2. The maximum atomic E-state index is 12.0. The Labute approximate surface area is 178 Å². The highest BCUT2D eigenvalue weighted by molar-refractivity contribution is 7.90. The van der Waals surface area contributed by atoms with E-state index in [1.54, 1.807) is 30.3 Å². The third kappa shape index (κ3) is 4.98. The smallest absolute Gasteiger partial charge is 0.311 e. The zero-order chi connectivity index (χ0) is 21.2. The fourth-order valence-electron chi connectivity index (χ4n) is 2.99. The quantitative estimate of drug-likeness (QED) is 0.548. The van der Waals surface area contributed by atoms with Crippen LogP contribution in [0.3, 0.4) is 0 Å². The van der Waals surface area contributed by atoms with Crippen LogP contribution in [-0.4, -0.2) is 30.7 Å². The minimum atomic E-state index is -3.56. The molecule has 29 heavy (non-hydrogen) atoms. The van der Waals surface area contributed by atoms with E-state index in [-0.39, 0.29) is 23.3 Å². The van der Waals surface area contributed by atoms with Gasteiger partial charge < -0.3 is 9.52 Å². The number of aliphatic carboxylic acids is 1. The van der Waals surface area contributed by atoms with E-state index in [0.29, 0.717) is 27.3 Å². The van der Waals surface area contributed by atoms with E-state index in [1.807, 2.05) is 0 Å². The van der Waals surface area contributed by atoms with Gasteiger partial charge in [-0.3, -0.25) is 4.79 Å². The van der Waals surface area contributed by atoms with E-state index in [0.717, 1.165) is 6.26 Å². The molecule has 1 atom stereocenters. The number of hydrogen-bond donors (Lipinski definition) is 1. The first kappa shape index (κ1) is 21.4. The third-order valence-electron chi connectivity index (χ3n) is 4.40. The van der Waals surface area contributed by atoms with Crippen LogP contribution in [0, 0.1) is 0 Å². The Hall–Kier alpha value is -2.35. The number of carboxylic acid groups (broad SMARTS) is 1. The van der Waals surface area contributed by atoms with Gasteiger partial charge in [-0.15, -0.1) is 0 Å². The number of carbonyl (C=O) groups is 1. The lowest BCUT2D eigenvalue weighted by Crippen LogP contribution is -2.16. The van der Waals surface area contributed by atoms with Crippen LogP contribution >= 0.6 is 23.2 Å². The number of rotatable bonds is 7. The highest BCUT2D eigenvalue weighted by atomic mass is 35.5. The molecule has 3 aromatic rings. The fourth-order valence-corrected chi connectivity index (χ4v) is 4.26. The molecule has 1 heterocycles. The first-order valence-corrected chi connectivity index (χ1v) is 11.2. The van der Waals surface area contributed by atoms with Crippen molar-refractivity contribution in [1.82, 2.24) is 4.98 Å². The Bertz CT molecular complexity index is 1160. The molecule has 0 bridgehead atoms. The second-order valence-corrected chi connectivity index (χ2v) is 9.29. The molecule has 2 aromatic carbocycles. The molecule has 0 fully saturated rings. The summed E-state index contributed by atoms with van der Waals surface area (Å²) in [5.74, 6) is -1.31. The Balaban J connectivity index is 1.82.